The number of nitrogens with zero attached hydrogens (tertiary/aromatic N) is 7. The number of aryl methyl sites for hydroxylation is 1. The summed E-state index contributed by atoms with van der Waals surface area (Å²) in [6, 6.07) is 26.4. The molecule has 4 aromatic heterocycles. The van der Waals surface area contributed by atoms with Gasteiger partial charge in [0, 0.05) is 78.6 Å². The number of anilines is 3. The number of hydrogen-bond donors (Lipinski definition) is 1. The molecule has 6 heterocycles. The monoisotopic (exact) mass is 624 g/mol. The number of fused-ring (bicyclic) bond motifs is 2. The third-order valence-corrected chi connectivity index (χ3v) is 9.28. The van der Waals surface area contributed by atoms with Gasteiger partial charge in [0.15, 0.2) is 5.75 Å². The Morgan fingerprint density at radius 1 is 0.915 bits per heavy atom. The first-order chi connectivity index (χ1) is 23.1. The molecule has 0 saturated carbocycles. The van der Waals surface area contributed by atoms with Gasteiger partial charge in [0.2, 0.25) is 5.95 Å². The smallest absolute Gasteiger partial charge is 0.295 e. The molecule has 6 aromatic rings. The highest BCUT2D eigenvalue weighted by molar-refractivity contribution is 5.77. The van der Waals surface area contributed by atoms with Crippen LogP contribution in [0.2, 0.25) is 0 Å². The van der Waals surface area contributed by atoms with E-state index in [2.05, 4.69) is 49.4 Å². The van der Waals surface area contributed by atoms with Crippen molar-refractivity contribution in [3.8, 4) is 17.2 Å². The van der Waals surface area contributed by atoms with Crippen molar-refractivity contribution >= 4 is 28.4 Å². The average Bonchev–Trinajstić information content (AvgIpc) is 3.78. The van der Waals surface area contributed by atoms with E-state index in [9.17, 15) is 4.79 Å². The number of ether oxygens (including phenoxy) is 1. The Morgan fingerprint density at radius 2 is 1.77 bits per heavy atom. The number of aromatic nitrogens is 5. The van der Waals surface area contributed by atoms with Gasteiger partial charge in [0.25, 0.3) is 5.56 Å². The maximum atomic E-state index is 14.1. The highest BCUT2D eigenvalue weighted by Crippen LogP contribution is 2.28. The van der Waals surface area contributed by atoms with Gasteiger partial charge in [0.1, 0.15) is 11.4 Å². The standard InChI is InChI=1S/C37H36N8O2/c1-26-6-2-3-9-33(26)47-34-22-27-23-39-37(40-28-10-12-29(13-11-28)43-21-20-42-18-4-7-31(42)24-43)41-35(27)45(36(34)46)25-32-8-5-19-44(32)30-14-16-38-17-15-30/h2-3,5-6,8-17,19,22-23,31H,4,7,18,20-21,24-25H2,1H3,(H,39,40,41). The van der Waals surface area contributed by atoms with Crippen molar-refractivity contribution in [2.45, 2.75) is 32.4 Å². The highest BCUT2D eigenvalue weighted by Gasteiger charge is 2.30. The van der Waals surface area contributed by atoms with Crippen LogP contribution >= 0.6 is 0 Å². The topological polar surface area (TPSA) is 93.3 Å². The van der Waals surface area contributed by atoms with E-state index in [0.717, 1.165) is 42.3 Å². The Balaban J connectivity index is 1.12. The summed E-state index contributed by atoms with van der Waals surface area (Å²) in [6.45, 7) is 6.73. The molecule has 2 fully saturated rings. The highest BCUT2D eigenvalue weighted by atomic mass is 16.5. The maximum Gasteiger partial charge on any atom is 0.295 e. The van der Waals surface area contributed by atoms with Crippen LogP contribution in [-0.2, 0) is 6.54 Å². The molecule has 2 aromatic carbocycles. The van der Waals surface area contributed by atoms with Crippen LogP contribution in [0.4, 0.5) is 17.3 Å². The van der Waals surface area contributed by atoms with Gasteiger partial charge in [-0.2, -0.15) is 4.98 Å². The lowest BCUT2D eigenvalue weighted by atomic mass is 10.1. The molecule has 0 spiro atoms. The van der Waals surface area contributed by atoms with E-state index in [0.29, 0.717) is 28.8 Å². The molecule has 2 saturated heterocycles. The molecule has 1 unspecified atom stereocenters. The summed E-state index contributed by atoms with van der Waals surface area (Å²) in [6.07, 6.45) is 9.82. The summed E-state index contributed by atoms with van der Waals surface area (Å²) in [4.78, 5) is 32.9. The summed E-state index contributed by atoms with van der Waals surface area (Å²) >= 11 is 0. The number of benzene rings is 2. The van der Waals surface area contributed by atoms with Gasteiger partial charge >= 0.3 is 0 Å². The van der Waals surface area contributed by atoms with Crippen molar-refractivity contribution in [2.24, 2.45) is 0 Å². The molecule has 1 atom stereocenters. The van der Waals surface area contributed by atoms with Gasteiger partial charge in [-0.25, -0.2) is 4.98 Å². The first-order valence-electron chi connectivity index (χ1n) is 16.2. The van der Waals surface area contributed by atoms with Crippen LogP contribution < -0.4 is 20.5 Å². The predicted octanol–water partition coefficient (Wildman–Crippen LogP) is 6.15. The van der Waals surface area contributed by atoms with Crippen LogP contribution in [0.25, 0.3) is 16.7 Å². The summed E-state index contributed by atoms with van der Waals surface area (Å²) in [5.41, 5.74) is 5.15. The predicted molar refractivity (Wildman–Crippen MR) is 184 cm³/mol. The Kier molecular flexibility index (Phi) is 7.62. The van der Waals surface area contributed by atoms with Crippen LogP contribution in [0, 0.1) is 6.92 Å². The molecule has 2 aliphatic rings. The van der Waals surface area contributed by atoms with E-state index in [1.54, 1.807) is 29.2 Å². The molecule has 0 radical (unpaired) electrons. The molecule has 236 valence electrons. The molecule has 2 aliphatic heterocycles. The molecule has 0 bridgehead atoms. The van der Waals surface area contributed by atoms with Crippen LogP contribution in [0.15, 0.2) is 108 Å². The van der Waals surface area contributed by atoms with Gasteiger partial charge in [-0.1, -0.05) is 18.2 Å². The quantitative estimate of drug-likeness (QED) is 0.216. The fourth-order valence-corrected chi connectivity index (χ4v) is 6.78. The Hall–Kier alpha value is -5.48. The lowest BCUT2D eigenvalue weighted by molar-refractivity contribution is 0.231. The molecule has 10 heteroatoms. The number of piperazine rings is 1. The minimum Gasteiger partial charge on any atom is -0.451 e. The zero-order valence-electron chi connectivity index (χ0n) is 26.3. The Bertz CT molecular complexity index is 2090. The molecule has 0 amide bonds. The van der Waals surface area contributed by atoms with Crippen molar-refractivity contribution in [2.75, 3.05) is 36.4 Å². The second kappa shape index (κ2) is 12.4. The number of pyridine rings is 2. The minimum atomic E-state index is -0.278. The SMILES string of the molecule is Cc1ccccc1Oc1cc2cnc(Nc3ccc(N4CCN5CCCC5C4)cc3)nc2n(Cc2cccn2-c2ccncc2)c1=O. The maximum absolute atomic E-state index is 14.1. The zero-order valence-corrected chi connectivity index (χ0v) is 26.3. The number of hydrogen-bond acceptors (Lipinski definition) is 8. The van der Waals surface area contributed by atoms with Crippen molar-refractivity contribution in [1.29, 1.82) is 0 Å². The van der Waals surface area contributed by atoms with E-state index in [1.807, 2.05) is 66.2 Å². The van der Waals surface area contributed by atoms with Crippen LogP contribution in [0.1, 0.15) is 24.1 Å². The fraction of sp³-hybridized carbons (Fsp3) is 0.243. The summed E-state index contributed by atoms with van der Waals surface area (Å²) in [7, 11) is 0. The van der Waals surface area contributed by atoms with Gasteiger partial charge in [-0.3, -0.25) is 19.2 Å². The minimum absolute atomic E-state index is 0.215. The molecule has 47 heavy (non-hydrogen) atoms. The molecular weight excluding hydrogens is 588 g/mol. The van der Waals surface area contributed by atoms with Gasteiger partial charge in [0.05, 0.1) is 6.54 Å². The lowest BCUT2D eigenvalue weighted by Crippen LogP contribution is -2.50. The van der Waals surface area contributed by atoms with E-state index >= 15 is 0 Å². The van der Waals surface area contributed by atoms with Gasteiger partial charge in [-0.15, -0.1) is 0 Å². The fourth-order valence-electron chi connectivity index (χ4n) is 6.78. The molecule has 1 N–H and O–H groups in total. The number of rotatable bonds is 8. The van der Waals surface area contributed by atoms with E-state index in [4.69, 9.17) is 9.72 Å². The largest absolute Gasteiger partial charge is 0.451 e. The van der Waals surface area contributed by atoms with Crippen LogP contribution in [0.3, 0.4) is 0 Å². The number of nitrogens with one attached hydrogen (secondary N) is 1. The van der Waals surface area contributed by atoms with Crippen molar-refractivity contribution in [3.63, 3.8) is 0 Å². The molecule has 10 nitrogen and oxygen atoms in total. The lowest BCUT2D eigenvalue weighted by Gasteiger charge is -2.38. The molecule has 0 aliphatic carbocycles. The van der Waals surface area contributed by atoms with Gasteiger partial charge in [-0.05, 0) is 92.5 Å². The van der Waals surface area contributed by atoms with E-state index in [-0.39, 0.29) is 17.9 Å². The second-order valence-corrected chi connectivity index (χ2v) is 12.3. The van der Waals surface area contributed by atoms with Crippen molar-refractivity contribution in [1.82, 2.24) is 29.0 Å². The summed E-state index contributed by atoms with van der Waals surface area (Å²) in [5.74, 6) is 1.26. The summed E-state index contributed by atoms with van der Waals surface area (Å²) in [5, 5.41) is 4.06. The Morgan fingerprint density at radius 3 is 2.62 bits per heavy atom. The normalized spacial score (nSPS) is 16.4. The third kappa shape index (κ3) is 5.83. The van der Waals surface area contributed by atoms with Gasteiger partial charge < -0.3 is 19.5 Å². The van der Waals surface area contributed by atoms with Crippen LogP contribution in [0.5, 0.6) is 11.5 Å². The Labute approximate surface area is 272 Å². The third-order valence-electron chi connectivity index (χ3n) is 9.28. The van der Waals surface area contributed by atoms with E-state index in [1.165, 1.54) is 25.1 Å². The first kappa shape index (κ1) is 29.0. The second-order valence-electron chi connectivity index (χ2n) is 12.3. The molecular formula is C37H36N8O2. The van der Waals surface area contributed by atoms with Crippen molar-refractivity contribution in [3.05, 3.63) is 125 Å². The van der Waals surface area contributed by atoms with Crippen molar-refractivity contribution < 1.29 is 4.74 Å². The zero-order chi connectivity index (χ0) is 31.7. The average molecular weight is 625 g/mol. The number of para-hydroxylation sites is 1. The van der Waals surface area contributed by atoms with Crippen LogP contribution in [-0.4, -0.2) is 61.2 Å². The first-order valence-corrected chi connectivity index (χ1v) is 16.2. The molecule has 8 rings (SSSR count). The summed E-state index contributed by atoms with van der Waals surface area (Å²) < 4.78 is 9.91. The van der Waals surface area contributed by atoms with E-state index < -0.39 is 0 Å².